The number of hydrogen-bond donors (Lipinski definition) is 1. The highest BCUT2D eigenvalue weighted by atomic mass is 16.6. The van der Waals surface area contributed by atoms with Crippen LogP contribution in [0.25, 0.3) is 0 Å². The van der Waals surface area contributed by atoms with Crippen LogP contribution in [-0.4, -0.2) is 42.7 Å². The van der Waals surface area contributed by atoms with Crippen molar-refractivity contribution < 1.29 is 19.1 Å². The topological polar surface area (TPSA) is 80.2 Å². The van der Waals surface area contributed by atoms with Gasteiger partial charge in [-0.2, -0.15) is 10.1 Å². The van der Waals surface area contributed by atoms with Gasteiger partial charge in [0, 0.05) is 24.4 Å². The highest BCUT2D eigenvalue weighted by Crippen LogP contribution is 2.24. The molecule has 124 valence electrons. The van der Waals surface area contributed by atoms with E-state index in [2.05, 4.69) is 10.4 Å². The number of amides is 2. The molecule has 1 aliphatic heterocycles. The van der Waals surface area contributed by atoms with E-state index >= 15 is 0 Å². The van der Waals surface area contributed by atoms with Gasteiger partial charge in [-0.25, -0.2) is 4.79 Å². The summed E-state index contributed by atoms with van der Waals surface area (Å²) in [4.78, 5) is 24.3. The zero-order valence-corrected chi connectivity index (χ0v) is 13.5. The Kier molecular flexibility index (Phi) is 5.70. The maximum absolute atomic E-state index is 12.5. The van der Waals surface area contributed by atoms with Crippen LogP contribution in [0.4, 0.5) is 10.5 Å². The lowest BCUT2D eigenvalue weighted by atomic mass is 9.96. The van der Waals surface area contributed by atoms with Gasteiger partial charge < -0.3 is 14.8 Å². The summed E-state index contributed by atoms with van der Waals surface area (Å²) in [5.41, 5.74) is 1.26. The molecule has 23 heavy (non-hydrogen) atoms. The second-order valence-electron chi connectivity index (χ2n) is 5.11. The Morgan fingerprint density at radius 3 is 2.65 bits per heavy atom. The van der Waals surface area contributed by atoms with Crippen LogP contribution in [0.3, 0.4) is 0 Å². The number of carbonyl (C=O) groups is 2. The minimum absolute atomic E-state index is 0.174. The summed E-state index contributed by atoms with van der Waals surface area (Å²) >= 11 is 0. The molecule has 0 unspecified atom stereocenters. The summed E-state index contributed by atoms with van der Waals surface area (Å²) in [7, 11) is 1.28. The average Bonchev–Trinajstić information content (AvgIpc) is 2.56. The van der Waals surface area contributed by atoms with E-state index in [9.17, 15) is 9.59 Å². The monoisotopic (exact) mass is 319 g/mol. The van der Waals surface area contributed by atoms with Crippen LogP contribution < -0.4 is 5.32 Å². The maximum Gasteiger partial charge on any atom is 0.432 e. The van der Waals surface area contributed by atoms with Crippen LogP contribution in [0.15, 0.2) is 35.4 Å². The molecule has 0 fully saturated rings. The molecule has 2 amide bonds. The van der Waals surface area contributed by atoms with E-state index in [0.717, 1.165) is 5.01 Å². The van der Waals surface area contributed by atoms with Crippen molar-refractivity contribution in [2.45, 2.75) is 26.5 Å². The third-order valence-corrected chi connectivity index (χ3v) is 3.56. The first-order chi connectivity index (χ1) is 11.1. The smallest absolute Gasteiger partial charge is 0.432 e. The van der Waals surface area contributed by atoms with Crippen LogP contribution >= 0.6 is 0 Å². The molecule has 0 radical (unpaired) electrons. The summed E-state index contributed by atoms with van der Waals surface area (Å²) in [6.07, 6.45) is -0.899. The Balaban J connectivity index is 2.16. The third-order valence-electron chi connectivity index (χ3n) is 3.56. The lowest BCUT2D eigenvalue weighted by Crippen LogP contribution is -2.47. The second kappa shape index (κ2) is 7.73. The van der Waals surface area contributed by atoms with Crippen LogP contribution in [-0.2, 0) is 14.3 Å². The first-order valence-corrected chi connectivity index (χ1v) is 7.46. The first kappa shape index (κ1) is 17.0. The van der Waals surface area contributed by atoms with Gasteiger partial charge in [0.2, 0.25) is 5.91 Å². The predicted molar refractivity (Wildman–Crippen MR) is 85.9 cm³/mol. The second-order valence-corrected chi connectivity index (χ2v) is 5.11. The Labute approximate surface area is 135 Å². The molecular weight excluding hydrogens is 298 g/mol. The van der Waals surface area contributed by atoms with Gasteiger partial charge in [0.25, 0.3) is 0 Å². The van der Waals surface area contributed by atoms with Gasteiger partial charge in [-0.15, -0.1) is 0 Å². The van der Waals surface area contributed by atoms with Gasteiger partial charge in [-0.05, 0) is 26.0 Å². The molecule has 1 heterocycles. The first-order valence-electron chi connectivity index (χ1n) is 7.46. The van der Waals surface area contributed by atoms with E-state index in [1.54, 1.807) is 6.92 Å². The zero-order valence-electron chi connectivity index (χ0n) is 13.5. The summed E-state index contributed by atoms with van der Waals surface area (Å²) in [5.74, 6) is -0.640. The fraction of sp³-hybridized carbons (Fsp3) is 0.438. The van der Waals surface area contributed by atoms with Crippen LogP contribution in [0.5, 0.6) is 0 Å². The zero-order chi connectivity index (χ0) is 16.8. The van der Waals surface area contributed by atoms with Crippen molar-refractivity contribution in [3.8, 4) is 0 Å². The van der Waals surface area contributed by atoms with E-state index in [-0.39, 0.29) is 5.91 Å². The van der Waals surface area contributed by atoms with Crippen molar-refractivity contribution in [3.63, 3.8) is 0 Å². The molecule has 0 aromatic heterocycles. The highest BCUT2D eigenvalue weighted by molar-refractivity contribution is 6.08. The van der Waals surface area contributed by atoms with Crippen molar-refractivity contribution in [3.05, 3.63) is 30.3 Å². The lowest BCUT2D eigenvalue weighted by molar-refractivity contribution is -0.122. The van der Waals surface area contributed by atoms with Gasteiger partial charge >= 0.3 is 6.09 Å². The minimum atomic E-state index is -0.623. The Morgan fingerprint density at radius 2 is 2.04 bits per heavy atom. The van der Waals surface area contributed by atoms with Gasteiger partial charge in [-0.1, -0.05) is 18.2 Å². The molecule has 1 N–H and O–H groups in total. The van der Waals surface area contributed by atoms with Crippen LogP contribution in [0.2, 0.25) is 0 Å². The number of rotatable bonds is 4. The standard InChI is InChI=1S/C16H21N3O4/c1-4-23-14-10-13(11(2)18-19(14)16(21)22-3)15(20)17-12-8-6-5-7-9-12/h5-9,13-14H,4,10H2,1-3H3,(H,17,20)/t13-,14-/m0/s1. The SMILES string of the molecule is CCO[C@H]1C[C@H](C(=O)Nc2ccccc2)C(C)=NN1C(=O)OC. The summed E-state index contributed by atoms with van der Waals surface area (Å²) in [5, 5.41) is 8.18. The predicted octanol–water partition coefficient (Wildman–Crippen LogP) is 2.45. The van der Waals surface area contributed by atoms with E-state index in [1.807, 2.05) is 37.3 Å². The van der Waals surface area contributed by atoms with E-state index in [0.29, 0.717) is 24.4 Å². The number of carbonyl (C=O) groups excluding carboxylic acids is 2. The fourth-order valence-corrected chi connectivity index (χ4v) is 2.41. The Hall–Kier alpha value is -2.41. The number of methoxy groups -OCH3 is 1. The summed E-state index contributed by atoms with van der Waals surface area (Å²) < 4.78 is 10.2. The molecule has 0 saturated heterocycles. The van der Waals surface area contributed by atoms with Crippen LogP contribution in [0, 0.1) is 5.92 Å². The number of hydrazone groups is 1. The number of benzene rings is 1. The molecule has 0 aliphatic carbocycles. The van der Waals surface area contributed by atoms with Crippen molar-refractivity contribution >= 4 is 23.4 Å². The largest absolute Gasteiger partial charge is 0.451 e. The molecule has 0 spiro atoms. The van der Waals surface area contributed by atoms with E-state index in [1.165, 1.54) is 7.11 Å². The molecule has 2 atom stereocenters. The van der Waals surface area contributed by atoms with Gasteiger partial charge in [0.1, 0.15) is 0 Å². The molecule has 0 bridgehead atoms. The molecule has 7 nitrogen and oxygen atoms in total. The molecular formula is C16H21N3O4. The van der Waals surface area contributed by atoms with E-state index in [4.69, 9.17) is 9.47 Å². The summed E-state index contributed by atoms with van der Waals surface area (Å²) in [6.45, 7) is 3.94. The minimum Gasteiger partial charge on any atom is -0.451 e. The van der Waals surface area contributed by atoms with Gasteiger partial charge in [-0.3, -0.25) is 4.79 Å². The maximum atomic E-state index is 12.5. The summed E-state index contributed by atoms with van der Waals surface area (Å²) in [6, 6.07) is 9.20. The highest BCUT2D eigenvalue weighted by Gasteiger charge is 2.37. The van der Waals surface area contributed by atoms with E-state index < -0.39 is 18.2 Å². The number of ether oxygens (including phenoxy) is 2. The fourth-order valence-electron chi connectivity index (χ4n) is 2.41. The molecule has 7 heteroatoms. The van der Waals surface area contributed by atoms with Crippen molar-refractivity contribution in [1.82, 2.24) is 5.01 Å². The molecule has 1 aromatic carbocycles. The Bertz CT molecular complexity index is 588. The number of hydrogen-bond acceptors (Lipinski definition) is 5. The van der Waals surface area contributed by atoms with Crippen molar-refractivity contribution in [1.29, 1.82) is 0 Å². The quantitative estimate of drug-likeness (QED) is 0.924. The Morgan fingerprint density at radius 1 is 1.35 bits per heavy atom. The number of para-hydroxylation sites is 1. The lowest BCUT2D eigenvalue weighted by Gasteiger charge is -2.33. The van der Waals surface area contributed by atoms with Crippen molar-refractivity contribution in [2.24, 2.45) is 11.0 Å². The molecule has 2 rings (SSSR count). The molecule has 1 aliphatic rings. The van der Waals surface area contributed by atoms with Gasteiger partial charge in [0.05, 0.1) is 13.0 Å². The molecule has 0 saturated carbocycles. The van der Waals surface area contributed by atoms with Gasteiger partial charge in [0.15, 0.2) is 6.23 Å². The number of anilines is 1. The normalized spacial score (nSPS) is 20.7. The molecule has 1 aromatic rings. The number of nitrogens with zero attached hydrogens (tertiary/aromatic N) is 2. The number of nitrogens with one attached hydrogen (secondary N) is 1. The average molecular weight is 319 g/mol. The van der Waals surface area contributed by atoms with Crippen LogP contribution in [0.1, 0.15) is 20.3 Å². The van der Waals surface area contributed by atoms with Crippen molar-refractivity contribution in [2.75, 3.05) is 19.0 Å². The third kappa shape index (κ3) is 4.07.